The molecule has 242 valence electrons. The van der Waals surface area contributed by atoms with Crippen LogP contribution in [0.2, 0.25) is 0 Å². The van der Waals surface area contributed by atoms with Gasteiger partial charge in [-0.25, -0.2) is 13.4 Å². The van der Waals surface area contributed by atoms with Crippen molar-refractivity contribution >= 4 is 38.6 Å². The summed E-state index contributed by atoms with van der Waals surface area (Å²) in [5.41, 5.74) is 0.351. The molecule has 3 fully saturated rings. The number of fused-ring (bicyclic) bond motifs is 3. The fourth-order valence-corrected chi connectivity index (χ4v) is 8.09. The number of allylic oxidation sites excluding steroid dienone is 1. The Morgan fingerprint density at radius 1 is 1.18 bits per heavy atom. The molecule has 0 spiro atoms. The molecule has 0 unspecified atom stereocenters. The Labute approximate surface area is 264 Å². The number of nitrogens with one attached hydrogen (secondary N) is 2. The molecule has 1 aromatic carbocycles. The van der Waals surface area contributed by atoms with Gasteiger partial charge in [-0.05, 0) is 76.8 Å². The number of carbonyl (C=O) groups is 3. The first kappa shape index (κ1) is 31.3. The average molecular weight is 639 g/mol. The number of carbonyl (C=O) groups excluding carboxylic acids is 3. The van der Waals surface area contributed by atoms with E-state index in [1.807, 2.05) is 44.2 Å². The number of pyridine rings is 1. The molecule has 5 atom stereocenters. The topological polar surface area (TPSA) is 144 Å². The summed E-state index contributed by atoms with van der Waals surface area (Å²) in [6.07, 6.45) is 7.76. The fraction of sp³-hybridized carbons (Fsp3) is 0.576. The fourth-order valence-electron chi connectivity index (χ4n) is 6.73. The van der Waals surface area contributed by atoms with Crippen LogP contribution in [0, 0.1) is 24.7 Å². The zero-order valence-corrected chi connectivity index (χ0v) is 26.9. The van der Waals surface area contributed by atoms with Gasteiger partial charge in [0.1, 0.15) is 17.4 Å². The highest BCUT2D eigenvalue weighted by atomic mass is 32.2. The molecule has 2 N–H and O–H groups in total. The predicted octanol–water partition coefficient (Wildman–Crippen LogP) is 3.40. The minimum atomic E-state index is -3.80. The summed E-state index contributed by atoms with van der Waals surface area (Å²) in [5, 5.41) is 3.18. The van der Waals surface area contributed by atoms with Crippen LogP contribution in [-0.2, 0) is 24.4 Å². The van der Waals surface area contributed by atoms with E-state index < -0.39 is 50.6 Å². The lowest BCUT2D eigenvalue weighted by Gasteiger charge is -2.26. The van der Waals surface area contributed by atoms with Crippen LogP contribution >= 0.6 is 0 Å². The van der Waals surface area contributed by atoms with Gasteiger partial charge in [0, 0.05) is 31.0 Å². The monoisotopic (exact) mass is 638 g/mol. The number of amides is 3. The number of ether oxygens (including phenoxy) is 2. The maximum absolute atomic E-state index is 14.0. The van der Waals surface area contributed by atoms with Crippen LogP contribution in [-0.4, -0.2) is 73.1 Å². The van der Waals surface area contributed by atoms with Gasteiger partial charge in [0.25, 0.3) is 5.91 Å². The summed E-state index contributed by atoms with van der Waals surface area (Å²) in [4.78, 5) is 47.7. The van der Waals surface area contributed by atoms with E-state index in [9.17, 15) is 22.8 Å². The molecule has 0 bridgehead atoms. The number of benzene rings is 1. The lowest BCUT2D eigenvalue weighted by Crippen LogP contribution is -2.54. The van der Waals surface area contributed by atoms with Crippen molar-refractivity contribution in [2.75, 3.05) is 20.2 Å². The molecule has 2 aromatic rings. The number of hydrogen-bond acceptors (Lipinski definition) is 8. The van der Waals surface area contributed by atoms with Gasteiger partial charge in [-0.2, -0.15) is 0 Å². The number of aryl methyl sites for hydroxylation is 1. The SMILES string of the molecule is CCOc1cc(O[C@@H]2C[C@H]3C(=O)N[C@]4(C(=O)NS(=O)(=O)C5CC5)C[C@H]4/C=C\CCCCN(C)C(=O)[C@@H]3C2)c2cccc(C)c2n1. The zero-order valence-electron chi connectivity index (χ0n) is 26.1. The lowest BCUT2D eigenvalue weighted by atomic mass is 9.93. The van der Waals surface area contributed by atoms with Gasteiger partial charge in [0.15, 0.2) is 0 Å². The molecule has 12 heteroatoms. The number of hydrogen-bond donors (Lipinski definition) is 2. The van der Waals surface area contributed by atoms with E-state index in [4.69, 9.17) is 9.47 Å². The normalized spacial score (nSPS) is 29.6. The van der Waals surface area contributed by atoms with E-state index in [0.29, 0.717) is 50.5 Å². The van der Waals surface area contributed by atoms with Gasteiger partial charge < -0.3 is 19.7 Å². The average Bonchev–Trinajstić information content (AvgIpc) is 3.92. The van der Waals surface area contributed by atoms with Crippen LogP contribution in [0.5, 0.6) is 11.6 Å². The highest BCUT2D eigenvalue weighted by Crippen LogP contribution is 2.47. The molecule has 11 nitrogen and oxygen atoms in total. The third-order valence-corrected chi connectivity index (χ3v) is 11.4. The van der Waals surface area contributed by atoms with E-state index in [1.54, 1.807) is 18.0 Å². The Bertz CT molecular complexity index is 1640. The molecular formula is C33H42N4O7S. The van der Waals surface area contributed by atoms with Crippen molar-refractivity contribution < 1.29 is 32.3 Å². The molecule has 4 aliphatic rings. The number of para-hydroxylation sites is 1. The van der Waals surface area contributed by atoms with E-state index >= 15 is 0 Å². The summed E-state index contributed by atoms with van der Waals surface area (Å²) in [5.74, 6) is -2.04. The van der Waals surface area contributed by atoms with Gasteiger partial charge >= 0.3 is 0 Å². The number of sulfonamides is 1. The van der Waals surface area contributed by atoms with Crippen molar-refractivity contribution in [1.82, 2.24) is 19.9 Å². The minimum absolute atomic E-state index is 0.138. The second kappa shape index (κ2) is 12.3. The Balaban J connectivity index is 1.29. The van der Waals surface area contributed by atoms with Crippen LogP contribution in [0.3, 0.4) is 0 Å². The van der Waals surface area contributed by atoms with E-state index in [-0.39, 0.29) is 18.2 Å². The number of rotatable bonds is 7. The minimum Gasteiger partial charge on any atom is -0.489 e. The number of nitrogens with zero attached hydrogens (tertiary/aromatic N) is 2. The van der Waals surface area contributed by atoms with E-state index in [1.165, 1.54) is 0 Å². The van der Waals surface area contributed by atoms with Crippen molar-refractivity contribution in [2.24, 2.45) is 17.8 Å². The first-order chi connectivity index (χ1) is 21.5. The Kier molecular flexibility index (Phi) is 8.53. The highest BCUT2D eigenvalue weighted by Gasteiger charge is 2.62. The summed E-state index contributed by atoms with van der Waals surface area (Å²) in [6, 6.07) is 7.57. The van der Waals surface area contributed by atoms with Crippen LogP contribution in [0.1, 0.15) is 63.9 Å². The van der Waals surface area contributed by atoms with Crippen molar-refractivity contribution in [3.05, 3.63) is 42.0 Å². The van der Waals surface area contributed by atoms with Crippen LogP contribution in [0.25, 0.3) is 10.9 Å². The molecule has 45 heavy (non-hydrogen) atoms. The Morgan fingerprint density at radius 2 is 1.96 bits per heavy atom. The standard InChI is InChI=1S/C33H42N4O7S/c1-4-43-28-18-27(24-12-9-10-20(2)29(24)34-28)44-22-16-25-26(17-22)31(39)37(3)15-8-6-5-7-11-21-19-33(21,35-30(25)38)32(40)36-45(41,42)23-13-14-23/h7,9-12,18,21-23,25-26H,4-6,8,13-17,19H2,1-3H3,(H,35,38)(H,36,40)/b11-7-/t21-,22-,25-,26-,33-/m1/s1. The third kappa shape index (κ3) is 6.39. The van der Waals surface area contributed by atoms with Crippen molar-refractivity contribution in [3.63, 3.8) is 0 Å². The second-order valence-corrected chi connectivity index (χ2v) is 14.9. The van der Waals surface area contributed by atoms with E-state index in [0.717, 1.165) is 35.7 Å². The molecule has 3 amide bonds. The molecular weight excluding hydrogens is 596 g/mol. The summed E-state index contributed by atoms with van der Waals surface area (Å²) in [6.45, 7) is 4.86. The Hall–Kier alpha value is -3.67. The third-order valence-electron chi connectivity index (χ3n) is 9.56. The largest absolute Gasteiger partial charge is 0.489 e. The molecule has 3 aliphatic carbocycles. The van der Waals surface area contributed by atoms with Gasteiger partial charge in [0.05, 0.1) is 29.2 Å². The maximum atomic E-state index is 14.0. The molecule has 2 heterocycles. The predicted molar refractivity (Wildman–Crippen MR) is 168 cm³/mol. The highest BCUT2D eigenvalue weighted by molar-refractivity contribution is 7.91. The zero-order chi connectivity index (χ0) is 31.9. The smallest absolute Gasteiger partial charge is 0.259 e. The lowest BCUT2D eigenvalue weighted by molar-refractivity contribution is -0.140. The first-order valence-corrected chi connectivity index (χ1v) is 17.6. The molecule has 3 saturated carbocycles. The van der Waals surface area contributed by atoms with Gasteiger partial charge in [-0.3, -0.25) is 19.1 Å². The molecule has 1 aliphatic heterocycles. The summed E-state index contributed by atoms with van der Waals surface area (Å²) < 4.78 is 39.9. The van der Waals surface area contributed by atoms with Gasteiger partial charge in [0.2, 0.25) is 27.7 Å². The second-order valence-electron chi connectivity index (χ2n) is 12.9. The maximum Gasteiger partial charge on any atom is 0.259 e. The molecule has 0 radical (unpaired) electrons. The van der Waals surface area contributed by atoms with Crippen LogP contribution in [0.4, 0.5) is 0 Å². The van der Waals surface area contributed by atoms with E-state index in [2.05, 4.69) is 15.0 Å². The van der Waals surface area contributed by atoms with Crippen LogP contribution < -0.4 is 19.5 Å². The Morgan fingerprint density at radius 3 is 2.71 bits per heavy atom. The van der Waals surface area contributed by atoms with Crippen molar-refractivity contribution in [3.8, 4) is 11.6 Å². The quantitative estimate of drug-likeness (QED) is 0.440. The van der Waals surface area contributed by atoms with Crippen molar-refractivity contribution in [1.29, 1.82) is 0 Å². The molecule has 0 saturated heterocycles. The summed E-state index contributed by atoms with van der Waals surface area (Å²) in [7, 11) is -2.04. The molecule has 6 rings (SSSR count). The van der Waals surface area contributed by atoms with Gasteiger partial charge in [-0.1, -0.05) is 24.3 Å². The number of aromatic nitrogens is 1. The summed E-state index contributed by atoms with van der Waals surface area (Å²) >= 11 is 0. The van der Waals surface area contributed by atoms with Crippen LogP contribution in [0.15, 0.2) is 36.4 Å². The van der Waals surface area contributed by atoms with Crippen molar-refractivity contribution in [2.45, 2.75) is 82.1 Å². The molecule has 1 aromatic heterocycles. The first-order valence-electron chi connectivity index (χ1n) is 16.0. The van der Waals surface area contributed by atoms with Gasteiger partial charge in [-0.15, -0.1) is 0 Å².